The van der Waals surface area contributed by atoms with Gasteiger partial charge in [-0.15, -0.1) is 0 Å². The Morgan fingerprint density at radius 3 is 2.69 bits per heavy atom. The van der Waals surface area contributed by atoms with Crippen LogP contribution in [0.2, 0.25) is 0 Å². The van der Waals surface area contributed by atoms with Gasteiger partial charge in [0.15, 0.2) is 0 Å². The first kappa shape index (κ1) is 17.3. The lowest BCUT2D eigenvalue weighted by atomic mass is 9.95. The fourth-order valence-electron chi connectivity index (χ4n) is 4.00. The van der Waals surface area contributed by atoms with Gasteiger partial charge in [0, 0.05) is 19.6 Å². The van der Waals surface area contributed by atoms with Gasteiger partial charge < -0.3 is 9.47 Å². The summed E-state index contributed by atoms with van der Waals surface area (Å²) in [5.41, 5.74) is 5.62. The van der Waals surface area contributed by atoms with Crippen molar-refractivity contribution in [3.8, 4) is 5.75 Å². The van der Waals surface area contributed by atoms with E-state index in [9.17, 15) is 0 Å². The van der Waals surface area contributed by atoms with Crippen LogP contribution in [0.25, 0.3) is 5.57 Å². The van der Waals surface area contributed by atoms with Crippen molar-refractivity contribution >= 4 is 5.57 Å². The Balaban J connectivity index is 1.33. The first-order valence-electron chi connectivity index (χ1n) is 9.59. The van der Waals surface area contributed by atoms with Gasteiger partial charge in [-0.1, -0.05) is 42.5 Å². The van der Waals surface area contributed by atoms with E-state index in [2.05, 4.69) is 47.4 Å². The SMILES string of the molecule is COc1ccc(C2=CCN(CCC3OCCc4ccccc43)CC2)cc1. The number of hydrogen-bond acceptors (Lipinski definition) is 3. The first-order valence-corrected chi connectivity index (χ1v) is 9.59. The average molecular weight is 349 g/mol. The van der Waals surface area contributed by atoms with Crippen LogP contribution in [-0.2, 0) is 11.2 Å². The van der Waals surface area contributed by atoms with Crippen molar-refractivity contribution in [1.29, 1.82) is 0 Å². The summed E-state index contributed by atoms with van der Waals surface area (Å²) in [4.78, 5) is 2.54. The molecule has 2 heterocycles. The molecule has 2 aromatic rings. The third kappa shape index (κ3) is 3.84. The molecule has 0 N–H and O–H groups in total. The molecule has 0 aromatic heterocycles. The minimum atomic E-state index is 0.256. The summed E-state index contributed by atoms with van der Waals surface area (Å²) < 4.78 is 11.3. The summed E-state index contributed by atoms with van der Waals surface area (Å²) in [5, 5.41) is 0. The number of nitrogens with zero attached hydrogens (tertiary/aromatic N) is 1. The molecule has 3 heteroatoms. The van der Waals surface area contributed by atoms with E-state index in [1.165, 1.54) is 22.3 Å². The second-order valence-corrected chi connectivity index (χ2v) is 7.11. The Kier molecular flexibility index (Phi) is 5.37. The maximum atomic E-state index is 6.05. The summed E-state index contributed by atoms with van der Waals surface area (Å²) in [6.45, 7) is 4.08. The van der Waals surface area contributed by atoms with Crippen molar-refractivity contribution in [2.45, 2.75) is 25.4 Å². The lowest BCUT2D eigenvalue weighted by molar-refractivity contribution is 0.0300. The predicted octanol–water partition coefficient (Wildman–Crippen LogP) is 4.49. The highest BCUT2D eigenvalue weighted by Crippen LogP contribution is 2.30. The molecule has 1 atom stereocenters. The second kappa shape index (κ2) is 8.07. The number of ether oxygens (including phenoxy) is 2. The van der Waals surface area contributed by atoms with E-state index in [-0.39, 0.29) is 6.10 Å². The molecule has 0 aliphatic carbocycles. The van der Waals surface area contributed by atoms with Crippen LogP contribution in [0.1, 0.15) is 35.6 Å². The maximum Gasteiger partial charge on any atom is 0.118 e. The molecule has 3 nitrogen and oxygen atoms in total. The van der Waals surface area contributed by atoms with Crippen molar-refractivity contribution in [1.82, 2.24) is 4.90 Å². The largest absolute Gasteiger partial charge is 0.497 e. The van der Waals surface area contributed by atoms with Gasteiger partial charge in [0.25, 0.3) is 0 Å². The molecule has 1 unspecified atom stereocenters. The van der Waals surface area contributed by atoms with Crippen molar-refractivity contribution in [2.75, 3.05) is 33.4 Å². The minimum Gasteiger partial charge on any atom is -0.497 e. The Labute approximate surface area is 156 Å². The van der Waals surface area contributed by atoms with Crippen LogP contribution in [-0.4, -0.2) is 38.3 Å². The lowest BCUT2D eigenvalue weighted by Gasteiger charge is -2.30. The smallest absolute Gasteiger partial charge is 0.118 e. The molecule has 26 heavy (non-hydrogen) atoms. The van der Waals surface area contributed by atoms with E-state index in [1.807, 2.05) is 12.1 Å². The zero-order valence-corrected chi connectivity index (χ0v) is 15.5. The van der Waals surface area contributed by atoms with Crippen LogP contribution in [0.5, 0.6) is 5.75 Å². The molecular formula is C23H27NO2. The molecule has 0 fully saturated rings. The highest BCUT2D eigenvalue weighted by Gasteiger charge is 2.21. The molecule has 2 aromatic carbocycles. The first-order chi connectivity index (χ1) is 12.8. The standard InChI is InChI=1S/C23H27NO2/c1-25-21-8-6-18(7-9-21)19-10-14-24(15-11-19)16-12-23-22-5-3-2-4-20(22)13-17-26-23/h2-10,23H,11-17H2,1H3. The van der Waals surface area contributed by atoms with Crippen LogP contribution in [0.15, 0.2) is 54.6 Å². The quantitative estimate of drug-likeness (QED) is 0.794. The van der Waals surface area contributed by atoms with Crippen LogP contribution in [0.4, 0.5) is 0 Å². The Morgan fingerprint density at radius 2 is 1.92 bits per heavy atom. The van der Waals surface area contributed by atoms with Gasteiger partial charge in [-0.25, -0.2) is 0 Å². The predicted molar refractivity (Wildman–Crippen MR) is 105 cm³/mol. The normalized spacial score (nSPS) is 20.3. The van der Waals surface area contributed by atoms with Crippen molar-refractivity contribution in [2.24, 2.45) is 0 Å². The molecular weight excluding hydrogens is 322 g/mol. The molecule has 0 spiro atoms. The van der Waals surface area contributed by atoms with Gasteiger partial charge >= 0.3 is 0 Å². The molecule has 136 valence electrons. The second-order valence-electron chi connectivity index (χ2n) is 7.11. The Morgan fingerprint density at radius 1 is 1.08 bits per heavy atom. The molecule has 2 aliphatic heterocycles. The van der Waals surface area contributed by atoms with Gasteiger partial charge in [0.1, 0.15) is 5.75 Å². The van der Waals surface area contributed by atoms with Crippen molar-refractivity contribution in [3.05, 3.63) is 71.3 Å². The third-order valence-electron chi connectivity index (χ3n) is 5.55. The van der Waals surface area contributed by atoms with Crippen LogP contribution >= 0.6 is 0 Å². The van der Waals surface area contributed by atoms with Crippen LogP contribution in [0, 0.1) is 0 Å². The monoisotopic (exact) mass is 349 g/mol. The van der Waals surface area contributed by atoms with Gasteiger partial charge in [0.05, 0.1) is 19.8 Å². The number of hydrogen-bond donors (Lipinski definition) is 0. The van der Waals surface area contributed by atoms with Gasteiger partial charge in [0.2, 0.25) is 0 Å². The fraction of sp³-hybridized carbons (Fsp3) is 0.391. The molecule has 4 rings (SSSR count). The zero-order chi connectivity index (χ0) is 17.8. The molecule has 0 saturated heterocycles. The topological polar surface area (TPSA) is 21.7 Å². The summed E-state index contributed by atoms with van der Waals surface area (Å²) in [5.74, 6) is 0.916. The molecule has 0 radical (unpaired) electrons. The van der Waals surface area contributed by atoms with E-state index >= 15 is 0 Å². The van der Waals surface area contributed by atoms with Crippen molar-refractivity contribution < 1.29 is 9.47 Å². The molecule has 0 saturated carbocycles. The number of fused-ring (bicyclic) bond motifs is 1. The summed E-state index contributed by atoms with van der Waals surface area (Å²) in [6, 6.07) is 17.1. The Bertz CT molecular complexity index is 766. The lowest BCUT2D eigenvalue weighted by Crippen LogP contribution is -2.31. The number of methoxy groups -OCH3 is 1. The minimum absolute atomic E-state index is 0.256. The summed E-state index contributed by atoms with van der Waals surface area (Å²) in [6.07, 6.45) is 5.86. The zero-order valence-electron chi connectivity index (χ0n) is 15.5. The van der Waals surface area contributed by atoms with E-state index in [1.54, 1.807) is 7.11 Å². The van der Waals surface area contributed by atoms with Gasteiger partial charge in [-0.2, -0.15) is 0 Å². The maximum absolute atomic E-state index is 6.05. The van der Waals surface area contributed by atoms with Crippen LogP contribution in [0.3, 0.4) is 0 Å². The Hall–Kier alpha value is -2.10. The van der Waals surface area contributed by atoms with Gasteiger partial charge in [-0.05, 0) is 53.7 Å². The van der Waals surface area contributed by atoms with E-state index in [0.717, 1.165) is 51.3 Å². The fourth-order valence-corrected chi connectivity index (χ4v) is 4.00. The summed E-state index contributed by atoms with van der Waals surface area (Å²) in [7, 11) is 1.71. The van der Waals surface area contributed by atoms with Crippen LogP contribution < -0.4 is 4.74 Å². The highest BCUT2D eigenvalue weighted by atomic mass is 16.5. The molecule has 0 bridgehead atoms. The van der Waals surface area contributed by atoms with E-state index < -0.39 is 0 Å². The molecule has 0 amide bonds. The number of benzene rings is 2. The highest BCUT2D eigenvalue weighted by molar-refractivity contribution is 5.67. The summed E-state index contributed by atoms with van der Waals surface area (Å²) >= 11 is 0. The average Bonchev–Trinajstić information content (AvgIpc) is 2.73. The number of rotatable bonds is 5. The van der Waals surface area contributed by atoms with Crippen molar-refractivity contribution in [3.63, 3.8) is 0 Å². The van der Waals surface area contributed by atoms with E-state index in [0.29, 0.717) is 0 Å². The van der Waals surface area contributed by atoms with Gasteiger partial charge in [-0.3, -0.25) is 4.90 Å². The molecule has 2 aliphatic rings. The third-order valence-corrected chi connectivity index (χ3v) is 5.55. The van der Waals surface area contributed by atoms with E-state index in [4.69, 9.17) is 9.47 Å².